The Kier molecular flexibility index (Phi) is 5.65. The van der Waals surface area contributed by atoms with E-state index in [1.165, 1.54) is 7.11 Å². The molecule has 0 bridgehead atoms. The van der Waals surface area contributed by atoms with Crippen molar-refractivity contribution in [2.75, 3.05) is 13.7 Å². The Morgan fingerprint density at radius 3 is 2.55 bits per heavy atom. The molecule has 152 valence electrons. The minimum Gasteiger partial charge on any atom is -0.497 e. The highest BCUT2D eigenvalue weighted by atomic mass is 35.5. The fourth-order valence-electron chi connectivity index (χ4n) is 2.88. The summed E-state index contributed by atoms with van der Waals surface area (Å²) in [6.07, 6.45) is 0. The predicted molar refractivity (Wildman–Crippen MR) is 106 cm³/mol. The first-order chi connectivity index (χ1) is 13.7. The molecule has 3 rings (SSSR count). The summed E-state index contributed by atoms with van der Waals surface area (Å²) in [5, 5.41) is 3.60. The van der Waals surface area contributed by atoms with E-state index in [1.807, 2.05) is 13.0 Å². The van der Waals surface area contributed by atoms with Gasteiger partial charge in [0.2, 0.25) is 0 Å². The summed E-state index contributed by atoms with van der Waals surface area (Å²) in [7, 11) is 1.53. The second kappa shape index (κ2) is 8.00. The van der Waals surface area contributed by atoms with Crippen LogP contribution in [0, 0.1) is 6.92 Å². The van der Waals surface area contributed by atoms with Crippen molar-refractivity contribution in [3.63, 3.8) is 0 Å². The van der Waals surface area contributed by atoms with Crippen molar-refractivity contribution in [2.24, 2.45) is 0 Å². The fourth-order valence-corrected chi connectivity index (χ4v) is 3.05. The number of nitrogens with zero attached hydrogens (tertiary/aromatic N) is 1. The number of hydrazine groups is 1. The number of aryl methyl sites for hydroxylation is 1. The van der Waals surface area contributed by atoms with Crippen LogP contribution in [0.5, 0.6) is 11.5 Å². The Bertz CT molecular complexity index is 963. The van der Waals surface area contributed by atoms with Crippen molar-refractivity contribution in [1.82, 2.24) is 15.8 Å². The average Bonchev–Trinajstić information content (AvgIpc) is 2.92. The van der Waals surface area contributed by atoms with E-state index in [1.54, 1.807) is 43.3 Å². The number of methoxy groups -OCH3 is 1. The molecular formula is C20H20ClN3O5. The molecular weight excluding hydrogens is 398 g/mol. The largest absolute Gasteiger partial charge is 0.497 e. The summed E-state index contributed by atoms with van der Waals surface area (Å²) in [5.74, 6) is -0.340. The third-order valence-corrected chi connectivity index (χ3v) is 4.85. The van der Waals surface area contributed by atoms with Gasteiger partial charge in [0.15, 0.2) is 6.61 Å². The highest BCUT2D eigenvalue weighted by Crippen LogP contribution is 2.29. The van der Waals surface area contributed by atoms with Gasteiger partial charge in [0.1, 0.15) is 17.0 Å². The van der Waals surface area contributed by atoms with E-state index in [0.29, 0.717) is 27.1 Å². The number of carbonyl (C=O) groups is 3. The van der Waals surface area contributed by atoms with Crippen molar-refractivity contribution in [2.45, 2.75) is 19.4 Å². The number of amides is 4. The molecule has 29 heavy (non-hydrogen) atoms. The Labute approximate surface area is 172 Å². The first-order valence-electron chi connectivity index (χ1n) is 8.74. The number of carbonyl (C=O) groups excluding carboxylic acids is 3. The summed E-state index contributed by atoms with van der Waals surface area (Å²) >= 11 is 6.03. The third kappa shape index (κ3) is 4.12. The van der Waals surface area contributed by atoms with E-state index in [-0.39, 0.29) is 0 Å². The van der Waals surface area contributed by atoms with Gasteiger partial charge in [0.25, 0.3) is 11.8 Å². The van der Waals surface area contributed by atoms with Crippen LogP contribution >= 0.6 is 11.6 Å². The van der Waals surface area contributed by atoms with Crippen LogP contribution in [0.3, 0.4) is 0 Å². The van der Waals surface area contributed by atoms with Crippen molar-refractivity contribution in [1.29, 1.82) is 0 Å². The summed E-state index contributed by atoms with van der Waals surface area (Å²) in [6.45, 7) is 3.00. The van der Waals surface area contributed by atoms with Gasteiger partial charge in [-0.2, -0.15) is 5.01 Å². The van der Waals surface area contributed by atoms with Gasteiger partial charge in [-0.05, 0) is 49.2 Å². The van der Waals surface area contributed by atoms with Gasteiger partial charge in [0.05, 0.1) is 12.1 Å². The molecule has 2 aromatic carbocycles. The maximum absolute atomic E-state index is 12.8. The summed E-state index contributed by atoms with van der Waals surface area (Å²) in [4.78, 5) is 37.4. The molecule has 1 aliphatic rings. The van der Waals surface area contributed by atoms with Gasteiger partial charge < -0.3 is 14.8 Å². The number of urea groups is 1. The van der Waals surface area contributed by atoms with Crippen LogP contribution in [0.1, 0.15) is 18.1 Å². The zero-order chi connectivity index (χ0) is 21.2. The van der Waals surface area contributed by atoms with Gasteiger partial charge >= 0.3 is 6.03 Å². The van der Waals surface area contributed by atoms with Crippen molar-refractivity contribution >= 4 is 29.4 Å². The standard InChI is InChI=1S/C20H20ClN3O5/c1-12-4-9-15(21)16(10-12)29-11-17(25)23-24-18(26)20(2,22-19(24)27)13-5-7-14(28-3)8-6-13/h4-10H,11H2,1-3H3,(H,22,27)(H,23,25)/t20-/m0/s1. The fraction of sp³-hybridized carbons (Fsp3) is 0.250. The van der Waals surface area contributed by atoms with Crippen LogP contribution in [-0.2, 0) is 15.1 Å². The molecule has 2 N–H and O–H groups in total. The summed E-state index contributed by atoms with van der Waals surface area (Å²) in [6, 6.07) is 11.1. The minimum atomic E-state index is -1.32. The number of rotatable bonds is 6. The van der Waals surface area contributed by atoms with Crippen LogP contribution in [0.4, 0.5) is 4.79 Å². The minimum absolute atomic E-state index is 0.335. The number of nitrogens with one attached hydrogen (secondary N) is 2. The van der Waals surface area contributed by atoms with Gasteiger partial charge in [0, 0.05) is 0 Å². The number of ether oxygens (including phenoxy) is 2. The average molecular weight is 418 g/mol. The molecule has 9 heteroatoms. The Hall–Kier alpha value is -3.26. The second-order valence-electron chi connectivity index (χ2n) is 6.68. The van der Waals surface area contributed by atoms with Crippen LogP contribution in [0.25, 0.3) is 0 Å². The van der Waals surface area contributed by atoms with Gasteiger partial charge in [-0.1, -0.05) is 29.8 Å². The van der Waals surface area contributed by atoms with Crippen molar-refractivity contribution in [3.05, 3.63) is 58.6 Å². The van der Waals surface area contributed by atoms with Crippen molar-refractivity contribution < 1.29 is 23.9 Å². The molecule has 0 spiro atoms. The number of hydrogen-bond donors (Lipinski definition) is 2. The van der Waals surface area contributed by atoms with Crippen LogP contribution in [0.15, 0.2) is 42.5 Å². The summed E-state index contributed by atoms with van der Waals surface area (Å²) < 4.78 is 10.5. The highest BCUT2D eigenvalue weighted by Gasteiger charge is 2.50. The molecule has 1 fully saturated rings. The Morgan fingerprint density at radius 1 is 1.21 bits per heavy atom. The van der Waals surface area contributed by atoms with E-state index < -0.39 is 30.0 Å². The molecule has 0 aromatic heterocycles. The zero-order valence-corrected chi connectivity index (χ0v) is 16.9. The molecule has 1 atom stereocenters. The monoisotopic (exact) mass is 417 g/mol. The highest BCUT2D eigenvalue weighted by molar-refractivity contribution is 6.32. The zero-order valence-electron chi connectivity index (χ0n) is 16.1. The van der Waals surface area contributed by atoms with Gasteiger partial charge in [-0.15, -0.1) is 0 Å². The van der Waals surface area contributed by atoms with Crippen LogP contribution < -0.4 is 20.2 Å². The first-order valence-corrected chi connectivity index (χ1v) is 9.12. The molecule has 2 aromatic rings. The molecule has 0 saturated carbocycles. The lowest BCUT2D eigenvalue weighted by molar-refractivity contribution is -0.139. The van der Waals surface area contributed by atoms with Gasteiger partial charge in [-0.3, -0.25) is 15.0 Å². The van der Waals surface area contributed by atoms with Crippen LogP contribution in [-0.4, -0.2) is 36.6 Å². The van der Waals surface area contributed by atoms with E-state index in [2.05, 4.69) is 10.7 Å². The second-order valence-corrected chi connectivity index (χ2v) is 7.09. The number of hydrogen-bond acceptors (Lipinski definition) is 5. The number of benzene rings is 2. The molecule has 1 aliphatic heterocycles. The molecule has 0 unspecified atom stereocenters. The predicted octanol–water partition coefficient (Wildman–Crippen LogP) is 2.53. The normalized spacial score (nSPS) is 18.4. The van der Waals surface area contributed by atoms with E-state index in [4.69, 9.17) is 21.1 Å². The molecule has 1 saturated heterocycles. The number of imide groups is 1. The lowest BCUT2D eigenvalue weighted by Crippen LogP contribution is -2.49. The van der Waals surface area contributed by atoms with E-state index in [0.717, 1.165) is 5.56 Å². The smallest absolute Gasteiger partial charge is 0.344 e. The third-order valence-electron chi connectivity index (χ3n) is 4.54. The Balaban J connectivity index is 1.67. The summed E-state index contributed by atoms with van der Waals surface area (Å²) in [5.41, 5.74) is 2.41. The topological polar surface area (TPSA) is 97.0 Å². The van der Waals surface area contributed by atoms with Crippen LogP contribution in [0.2, 0.25) is 5.02 Å². The first kappa shape index (κ1) is 20.5. The van der Waals surface area contributed by atoms with Crippen molar-refractivity contribution in [3.8, 4) is 11.5 Å². The quantitative estimate of drug-likeness (QED) is 0.704. The molecule has 8 nitrogen and oxygen atoms in total. The lowest BCUT2D eigenvalue weighted by Gasteiger charge is -2.22. The molecule has 0 radical (unpaired) electrons. The van der Waals surface area contributed by atoms with E-state index >= 15 is 0 Å². The van der Waals surface area contributed by atoms with Gasteiger partial charge in [-0.25, -0.2) is 4.79 Å². The molecule has 0 aliphatic carbocycles. The Morgan fingerprint density at radius 2 is 1.90 bits per heavy atom. The SMILES string of the molecule is COc1ccc([C@]2(C)NC(=O)N(NC(=O)COc3cc(C)ccc3Cl)C2=O)cc1. The lowest BCUT2D eigenvalue weighted by atomic mass is 9.92. The maximum Gasteiger partial charge on any atom is 0.344 e. The molecule has 1 heterocycles. The van der Waals surface area contributed by atoms with E-state index in [9.17, 15) is 14.4 Å². The number of halogens is 1. The maximum atomic E-state index is 12.8. The molecule has 4 amide bonds.